The summed E-state index contributed by atoms with van der Waals surface area (Å²) in [6.07, 6.45) is 1.79. The van der Waals surface area contributed by atoms with Crippen molar-refractivity contribution in [3.8, 4) is 5.75 Å². The third-order valence-corrected chi connectivity index (χ3v) is 5.44. The van der Waals surface area contributed by atoms with Crippen molar-refractivity contribution in [3.63, 3.8) is 0 Å². The van der Waals surface area contributed by atoms with Gasteiger partial charge >= 0.3 is 0 Å². The smallest absolute Gasteiger partial charge is 0.257 e. The standard InChI is InChI=1S/C20H24ClN5O3/c1-28-17-3-2-15(21)14-16(17)19(27)25-8-6-24(7-9-25)18-4-5-22-20(23-18)26-10-12-29-13-11-26/h2-5,14H,6-13H2,1H3. The molecule has 0 bridgehead atoms. The van der Waals surface area contributed by atoms with Gasteiger partial charge in [-0.15, -0.1) is 0 Å². The van der Waals surface area contributed by atoms with Gasteiger partial charge in [-0.3, -0.25) is 4.79 Å². The van der Waals surface area contributed by atoms with Gasteiger partial charge in [0.2, 0.25) is 5.95 Å². The summed E-state index contributed by atoms with van der Waals surface area (Å²) in [5.74, 6) is 2.08. The normalized spacial score (nSPS) is 17.4. The number of morpholine rings is 1. The van der Waals surface area contributed by atoms with Gasteiger partial charge in [-0.05, 0) is 24.3 Å². The number of nitrogens with zero attached hydrogens (tertiary/aromatic N) is 5. The lowest BCUT2D eigenvalue weighted by Crippen LogP contribution is -2.49. The summed E-state index contributed by atoms with van der Waals surface area (Å²) in [7, 11) is 1.55. The molecule has 3 heterocycles. The zero-order valence-corrected chi connectivity index (χ0v) is 17.1. The Morgan fingerprint density at radius 3 is 2.55 bits per heavy atom. The molecule has 0 N–H and O–H groups in total. The lowest BCUT2D eigenvalue weighted by molar-refractivity contribution is 0.0743. The molecule has 2 aromatic rings. The fourth-order valence-corrected chi connectivity index (χ4v) is 3.76. The predicted octanol–water partition coefficient (Wildman–Crippen LogP) is 1.94. The average Bonchev–Trinajstić information content (AvgIpc) is 2.79. The average molecular weight is 418 g/mol. The molecule has 2 saturated heterocycles. The van der Waals surface area contributed by atoms with Gasteiger partial charge in [0.25, 0.3) is 5.91 Å². The maximum Gasteiger partial charge on any atom is 0.257 e. The third kappa shape index (κ3) is 4.38. The van der Waals surface area contributed by atoms with E-state index < -0.39 is 0 Å². The molecule has 4 rings (SSSR count). The lowest BCUT2D eigenvalue weighted by atomic mass is 10.1. The van der Waals surface area contributed by atoms with Crippen LogP contribution in [-0.2, 0) is 4.74 Å². The Labute approximate surface area is 175 Å². The van der Waals surface area contributed by atoms with Crippen LogP contribution in [0.15, 0.2) is 30.5 Å². The lowest BCUT2D eigenvalue weighted by Gasteiger charge is -2.36. The van der Waals surface area contributed by atoms with E-state index >= 15 is 0 Å². The second kappa shape index (κ2) is 8.84. The van der Waals surface area contributed by atoms with Gasteiger partial charge in [0, 0.05) is 50.5 Å². The van der Waals surface area contributed by atoms with E-state index in [2.05, 4.69) is 14.8 Å². The van der Waals surface area contributed by atoms with E-state index in [0.29, 0.717) is 55.7 Å². The molecule has 0 spiro atoms. The summed E-state index contributed by atoms with van der Waals surface area (Å²) in [5.41, 5.74) is 0.491. The zero-order chi connectivity index (χ0) is 20.2. The molecule has 154 valence electrons. The first-order chi connectivity index (χ1) is 14.2. The Morgan fingerprint density at radius 1 is 1.07 bits per heavy atom. The minimum absolute atomic E-state index is 0.0688. The second-order valence-electron chi connectivity index (χ2n) is 6.94. The number of benzene rings is 1. The first-order valence-electron chi connectivity index (χ1n) is 9.69. The summed E-state index contributed by atoms with van der Waals surface area (Å²) in [6.45, 7) is 5.60. The number of halogens is 1. The molecule has 2 aliphatic heterocycles. The number of carbonyl (C=O) groups excluding carboxylic acids is 1. The Morgan fingerprint density at radius 2 is 1.83 bits per heavy atom. The molecule has 0 aliphatic carbocycles. The molecule has 2 aliphatic rings. The van der Waals surface area contributed by atoms with E-state index in [1.165, 1.54) is 0 Å². The number of rotatable bonds is 4. The van der Waals surface area contributed by atoms with Crippen LogP contribution in [0.1, 0.15) is 10.4 Å². The maximum absolute atomic E-state index is 13.0. The molecule has 0 unspecified atom stereocenters. The van der Waals surface area contributed by atoms with Crippen molar-refractivity contribution < 1.29 is 14.3 Å². The zero-order valence-electron chi connectivity index (χ0n) is 16.4. The number of ether oxygens (including phenoxy) is 2. The number of methoxy groups -OCH3 is 1. The molecule has 0 radical (unpaired) electrons. The molecule has 1 amide bonds. The Kier molecular flexibility index (Phi) is 6.01. The third-order valence-electron chi connectivity index (χ3n) is 5.20. The van der Waals surface area contributed by atoms with E-state index in [0.717, 1.165) is 24.9 Å². The summed E-state index contributed by atoms with van der Waals surface area (Å²) in [6, 6.07) is 7.02. The van der Waals surface area contributed by atoms with Gasteiger partial charge in [-0.1, -0.05) is 11.6 Å². The fourth-order valence-electron chi connectivity index (χ4n) is 3.59. The topological polar surface area (TPSA) is 71.0 Å². The summed E-state index contributed by atoms with van der Waals surface area (Å²) >= 11 is 6.08. The van der Waals surface area contributed by atoms with Gasteiger partial charge in [-0.2, -0.15) is 4.98 Å². The van der Waals surface area contributed by atoms with E-state index in [1.807, 2.05) is 11.0 Å². The molecule has 1 aromatic heterocycles. The Balaban J connectivity index is 1.42. The van der Waals surface area contributed by atoms with Crippen LogP contribution < -0.4 is 14.5 Å². The first kappa shape index (κ1) is 19.7. The molecule has 29 heavy (non-hydrogen) atoms. The Hall–Kier alpha value is -2.58. The van der Waals surface area contributed by atoms with Gasteiger partial charge < -0.3 is 24.2 Å². The molecule has 2 fully saturated rings. The number of piperazine rings is 1. The van der Waals surface area contributed by atoms with Crippen LogP contribution in [0.3, 0.4) is 0 Å². The molecule has 1 aromatic carbocycles. The van der Waals surface area contributed by atoms with E-state index in [-0.39, 0.29) is 5.91 Å². The summed E-state index contributed by atoms with van der Waals surface area (Å²) < 4.78 is 10.7. The number of hydrogen-bond donors (Lipinski definition) is 0. The predicted molar refractivity (Wildman–Crippen MR) is 111 cm³/mol. The largest absolute Gasteiger partial charge is 0.496 e. The minimum atomic E-state index is -0.0688. The summed E-state index contributed by atoms with van der Waals surface area (Å²) in [4.78, 5) is 28.3. The van der Waals surface area contributed by atoms with E-state index in [1.54, 1.807) is 31.5 Å². The molecule has 9 heteroatoms. The van der Waals surface area contributed by atoms with Crippen LogP contribution >= 0.6 is 11.6 Å². The molecule has 0 atom stereocenters. The van der Waals surface area contributed by atoms with Crippen molar-refractivity contribution in [2.45, 2.75) is 0 Å². The van der Waals surface area contributed by atoms with Crippen molar-refractivity contribution in [1.29, 1.82) is 0 Å². The molecule has 0 saturated carbocycles. The van der Waals surface area contributed by atoms with Gasteiger partial charge in [0.05, 0.1) is 25.9 Å². The molecular weight excluding hydrogens is 394 g/mol. The van der Waals surface area contributed by atoms with Crippen LogP contribution in [0.5, 0.6) is 5.75 Å². The van der Waals surface area contributed by atoms with Gasteiger partial charge in [-0.25, -0.2) is 4.98 Å². The number of carbonyl (C=O) groups is 1. The van der Waals surface area contributed by atoms with Crippen molar-refractivity contribution in [1.82, 2.24) is 14.9 Å². The van der Waals surface area contributed by atoms with Crippen molar-refractivity contribution in [3.05, 3.63) is 41.0 Å². The number of hydrogen-bond acceptors (Lipinski definition) is 7. The quantitative estimate of drug-likeness (QED) is 0.752. The maximum atomic E-state index is 13.0. The van der Waals surface area contributed by atoms with Crippen molar-refractivity contribution in [2.24, 2.45) is 0 Å². The Bertz CT molecular complexity index is 867. The number of amides is 1. The van der Waals surface area contributed by atoms with Gasteiger partial charge in [0.1, 0.15) is 11.6 Å². The van der Waals surface area contributed by atoms with Crippen LogP contribution in [0.4, 0.5) is 11.8 Å². The monoisotopic (exact) mass is 417 g/mol. The molecular formula is C20H24ClN5O3. The molecule has 8 nitrogen and oxygen atoms in total. The van der Waals surface area contributed by atoms with Crippen LogP contribution in [-0.4, -0.2) is 80.4 Å². The van der Waals surface area contributed by atoms with E-state index in [9.17, 15) is 4.79 Å². The summed E-state index contributed by atoms with van der Waals surface area (Å²) in [5, 5.41) is 0.518. The number of aromatic nitrogens is 2. The SMILES string of the molecule is COc1ccc(Cl)cc1C(=O)N1CCN(c2ccnc(N3CCOCC3)n2)CC1. The highest BCUT2D eigenvalue weighted by molar-refractivity contribution is 6.31. The fraction of sp³-hybridized carbons (Fsp3) is 0.450. The second-order valence-corrected chi connectivity index (χ2v) is 7.37. The highest BCUT2D eigenvalue weighted by Gasteiger charge is 2.25. The minimum Gasteiger partial charge on any atom is -0.496 e. The van der Waals surface area contributed by atoms with E-state index in [4.69, 9.17) is 26.1 Å². The van der Waals surface area contributed by atoms with Crippen LogP contribution in [0, 0.1) is 0 Å². The van der Waals surface area contributed by atoms with Gasteiger partial charge in [0.15, 0.2) is 0 Å². The van der Waals surface area contributed by atoms with Crippen molar-refractivity contribution >= 4 is 29.3 Å². The van der Waals surface area contributed by atoms with Crippen LogP contribution in [0.25, 0.3) is 0 Å². The first-order valence-corrected chi connectivity index (χ1v) is 10.1. The van der Waals surface area contributed by atoms with Crippen molar-refractivity contribution in [2.75, 3.05) is 69.4 Å². The van der Waals surface area contributed by atoms with Crippen LogP contribution in [0.2, 0.25) is 5.02 Å². The number of anilines is 2. The highest BCUT2D eigenvalue weighted by atomic mass is 35.5. The highest BCUT2D eigenvalue weighted by Crippen LogP contribution is 2.25.